The van der Waals surface area contributed by atoms with Gasteiger partial charge in [-0.05, 0) is 12.1 Å². The topological polar surface area (TPSA) is 13.1 Å². The maximum atomic E-state index is 4.77. The van der Waals surface area contributed by atoms with Crippen molar-refractivity contribution in [2.24, 2.45) is 0 Å². The second-order valence-corrected chi connectivity index (χ2v) is 1.28. The highest BCUT2D eigenvalue weighted by Gasteiger charge is 1.82. The molecule has 1 heterocycles. The lowest BCUT2D eigenvalue weighted by atomic mass is 10.5. The Morgan fingerprint density at radius 1 is 1.71 bits per heavy atom. The number of rotatable bonds is 1. The van der Waals surface area contributed by atoms with Gasteiger partial charge in [-0.25, -0.2) is 0 Å². The van der Waals surface area contributed by atoms with Crippen LogP contribution in [0.1, 0.15) is 5.76 Å². The Kier molecular flexibility index (Phi) is 1.22. The maximum Gasteiger partial charge on any atom is 0.146 e. The fourth-order valence-corrected chi connectivity index (χ4v) is 0.453. The Bertz CT molecular complexity index is 143. The fraction of sp³-hybridized carbons (Fsp3) is 0. The fourth-order valence-electron chi connectivity index (χ4n) is 0.337. The normalized spacial score (nSPS) is 8.57. The van der Waals surface area contributed by atoms with Crippen LogP contribution < -0.4 is 0 Å². The van der Waals surface area contributed by atoms with E-state index in [1.165, 1.54) is 0 Å². The van der Waals surface area contributed by atoms with Gasteiger partial charge >= 0.3 is 0 Å². The van der Waals surface area contributed by atoms with E-state index in [2.05, 4.69) is 17.6 Å². The van der Waals surface area contributed by atoms with E-state index < -0.39 is 0 Å². The lowest BCUT2D eigenvalue weighted by Gasteiger charge is -1.70. The molecule has 2 heteroatoms. The van der Waals surface area contributed by atoms with Crippen molar-refractivity contribution in [2.75, 3.05) is 0 Å². The van der Waals surface area contributed by atoms with E-state index in [4.69, 9.17) is 4.42 Å². The Morgan fingerprint density at radius 3 is 2.86 bits per heavy atom. The summed E-state index contributed by atoms with van der Waals surface area (Å²) >= 11 is 4.43. The summed E-state index contributed by atoms with van der Waals surface area (Å²) in [5.74, 6) is 0.620. The highest BCUT2D eigenvalue weighted by Crippen LogP contribution is 1.93. The van der Waals surface area contributed by atoms with Gasteiger partial charge in [0.1, 0.15) is 11.1 Å². The largest absolute Gasteiger partial charge is 0.463 e. The quantitative estimate of drug-likeness (QED) is 0.509. The van der Waals surface area contributed by atoms with E-state index in [0.29, 0.717) is 5.76 Å². The molecule has 0 fully saturated rings. The summed E-state index contributed by atoms with van der Waals surface area (Å²) in [6.07, 6.45) is 1.56. The molecule has 0 amide bonds. The van der Waals surface area contributed by atoms with Gasteiger partial charge in [-0.15, -0.1) is 0 Å². The Hall–Kier alpha value is -0.630. The van der Waals surface area contributed by atoms with Gasteiger partial charge in [0, 0.05) is 0 Å². The van der Waals surface area contributed by atoms with Gasteiger partial charge in [0.25, 0.3) is 0 Å². The highest BCUT2D eigenvalue weighted by molar-refractivity contribution is 7.79. The molecule has 0 aliphatic rings. The predicted octanol–water partition coefficient (Wildman–Crippen LogP) is 1.50. The van der Waals surface area contributed by atoms with Crippen LogP contribution in [-0.4, -0.2) is 5.37 Å². The zero-order valence-electron chi connectivity index (χ0n) is 3.55. The van der Waals surface area contributed by atoms with Crippen molar-refractivity contribution >= 4 is 17.6 Å². The molecule has 0 aliphatic carbocycles. The molecule has 7 heavy (non-hydrogen) atoms. The van der Waals surface area contributed by atoms with Gasteiger partial charge in [-0.3, -0.25) is 0 Å². The van der Waals surface area contributed by atoms with Crippen molar-refractivity contribution in [1.29, 1.82) is 0 Å². The maximum absolute atomic E-state index is 4.77. The van der Waals surface area contributed by atoms with E-state index in [1.54, 1.807) is 18.4 Å². The highest BCUT2D eigenvalue weighted by atomic mass is 32.1. The van der Waals surface area contributed by atoms with Crippen LogP contribution in [0.3, 0.4) is 0 Å². The Morgan fingerprint density at radius 2 is 2.57 bits per heavy atom. The minimum absolute atomic E-state index is 0.620. The minimum Gasteiger partial charge on any atom is -0.463 e. The van der Waals surface area contributed by atoms with Crippen molar-refractivity contribution in [3.63, 3.8) is 0 Å². The number of hydrogen-bond donors (Lipinski definition) is 0. The first-order valence-corrected chi connectivity index (χ1v) is 2.26. The molecule has 0 aromatic carbocycles. The summed E-state index contributed by atoms with van der Waals surface area (Å²) in [5, 5.41) is 2.42. The van der Waals surface area contributed by atoms with Crippen LogP contribution in [0, 0.1) is 0 Å². The van der Waals surface area contributed by atoms with Gasteiger partial charge in [-0.2, -0.15) is 0 Å². The van der Waals surface area contributed by atoms with Crippen molar-refractivity contribution in [3.05, 3.63) is 24.2 Å². The molecule has 0 unspecified atom stereocenters. The van der Waals surface area contributed by atoms with Crippen LogP contribution in [0.2, 0.25) is 0 Å². The lowest BCUT2D eigenvalue weighted by Crippen LogP contribution is -1.62. The molecule has 0 spiro atoms. The lowest BCUT2D eigenvalue weighted by molar-refractivity contribution is 0.561. The van der Waals surface area contributed by atoms with E-state index in [1.807, 2.05) is 0 Å². The first kappa shape index (κ1) is 4.53. The molecule has 0 atom stereocenters. The summed E-state index contributed by atoms with van der Waals surface area (Å²) in [6, 6.07) is 3.53. The molecule has 1 aromatic rings. The first-order valence-electron chi connectivity index (χ1n) is 1.85. The Labute approximate surface area is 46.9 Å². The molecular formula is C5H3OS. The first-order chi connectivity index (χ1) is 3.43. The average Bonchev–Trinajstić information content (AvgIpc) is 2.14. The number of furan rings is 1. The van der Waals surface area contributed by atoms with Crippen LogP contribution in [0.25, 0.3) is 0 Å². The summed E-state index contributed by atoms with van der Waals surface area (Å²) in [5.41, 5.74) is 0. The van der Waals surface area contributed by atoms with Crippen molar-refractivity contribution in [3.8, 4) is 0 Å². The van der Waals surface area contributed by atoms with Crippen molar-refractivity contribution in [2.45, 2.75) is 0 Å². The van der Waals surface area contributed by atoms with E-state index in [-0.39, 0.29) is 0 Å². The van der Waals surface area contributed by atoms with E-state index in [0.717, 1.165) is 0 Å². The summed E-state index contributed by atoms with van der Waals surface area (Å²) in [6.45, 7) is 0. The molecule has 0 saturated carbocycles. The van der Waals surface area contributed by atoms with Crippen LogP contribution in [0.15, 0.2) is 22.8 Å². The predicted molar refractivity (Wildman–Crippen MR) is 30.4 cm³/mol. The SMILES string of the molecule is S=[C]c1ccco1. The average molecular weight is 111 g/mol. The number of thiocarbonyl (C=S) groups is 1. The minimum atomic E-state index is 0.620. The van der Waals surface area contributed by atoms with E-state index >= 15 is 0 Å². The van der Waals surface area contributed by atoms with Crippen LogP contribution in [0.5, 0.6) is 0 Å². The third-order valence-corrected chi connectivity index (χ3v) is 0.823. The zero-order chi connectivity index (χ0) is 5.11. The van der Waals surface area contributed by atoms with Crippen molar-refractivity contribution in [1.82, 2.24) is 0 Å². The molecule has 0 bridgehead atoms. The van der Waals surface area contributed by atoms with E-state index in [9.17, 15) is 0 Å². The Balaban J connectivity index is 2.96. The summed E-state index contributed by atoms with van der Waals surface area (Å²) in [4.78, 5) is 0. The van der Waals surface area contributed by atoms with Gasteiger partial charge in [0.2, 0.25) is 0 Å². The zero-order valence-corrected chi connectivity index (χ0v) is 4.37. The molecule has 1 radical (unpaired) electrons. The molecule has 1 nitrogen and oxygen atoms in total. The molecule has 0 N–H and O–H groups in total. The molecule has 0 aliphatic heterocycles. The van der Waals surface area contributed by atoms with Gasteiger partial charge in [-0.1, -0.05) is 12.2 Å². The van der Waals surface area contributed by atoms with Gasteiger partial charge in [0.15, 0.2) is 0 Å². The molecule has 0 saturated heterocycles. The van der Waals surface area contributed by atoms with Crippen LogP contribution in [-0.2, 0) is 0 Å². The van der Waals surface area contributed by atoms with Gasteiger partial charge < -0.3 is 4.42 Å². The summed E-state index contributed by atoms with van der Waals surface area (Å²) < 4.78 is 4.77. The molecule has 1 rings (SSSR count). The van der Waals surface area contributed by atoms with Crippen molar-refractivity contribution < 1.29 is 4.42 Å². The second kappa shape index (κ2) is 1.89. The smallest absolute Gasteiger partial charge is 0.146 e. The molecular weight excluding hydrogens is 108 g/mol. The molecule has 1 aromatic heterocycles. The second-order valence-electron chi connectivity index (χ2n) is 1.08. The monoisotopic (exact) mass is 111 g/mol. The van der Waals surface area contributed by atoms with Crippen LogP contribution in [0.4, 0.5) is 0 Å². The van der Waals surface area contributed by atoms with Crippen LogP contribution >= 0.6 is 12.2 Å². The molecule has 35 valence electrons. The summed E-state index contributed by atoms with van der Waals surface area (Å²) in [7, 11) is 0. The third-order valence-electron chi connectivity index (χ3n) is 0.622. The standard InChI is InChI=1S/C5H3OS/c7-4-5-2-1-3-6-5/h1-3H. The van der Waals surface area contributed by atoms with Gasteiger partial charge in [0.05, 0.1) is 6.26 Å². The number of hydrogen-bond acceptors (Lipinski definition) is 2. The third kappa shape index (κ3) is 0.871.